The second-order valence-corrected chi connectivity index (χ2v) is 10.6. The minimum atomic E-state index is -0.268. The fourth-order valence-electron chi connectivity index (χ4n) is 5.76. The number of anilines is 1. The number of para-hydroxylation sites is 1. The van der Waals surface area contributed by atoms with Gasteiger partial charge in [0.25, 0.3) is 11.5 Å². The van der Waals surface area contributed by atoms with E-state index in [2.05, 4.69) is 42.7 Å². The van der Waals surface area contributed by atoms with Crippen molar-refractivity contribution < 1.29 is 9.53 Å². The minimum Gasteiger partial charge on any atom is -0.496 e. The lowest BCUT2D eigenvalue weighted by molar-refractivity contribution is 0.0951. The number of H-pyrrole nitrogens is 1. The van der Waals surface area contributed by atoms with Crippen LogP contribution in [0.4, 0.5) is 5.95 Å². The minimum absolute atomic E-state index is 0.0668. The number of halogens is 1. The number of nitrogens with zero attached hydrogens (tertiary/aromatic N) is 4. The predicted octanol–water partition coefficient (Wildman–Crippen LogP) is 4.81. The summed E-state index contributed by atoms with van der Waals surface area (Å²) in [5.41, 5.74) is 3.40. The number of aromatic amines is 1. The number of carbonyl (C=O) groups excluding carboxylic acids is 1. The van der Waals surface area contributed by atoms with Gasteiger partial charge in [0.2, 0.25) is 5.95 Å². The lowest BCUT2D eigenvalue weighted by Crippen LogP contribution is -2.37. The molecule has 1 amide bonds. The molecule has 5 rings (SSSR count). The van der Waals surface area contributed by atoms with Crippen LogP contribution in [0.2, 0.25) is 5.02 Å². The lowest BCUT2D eigenvalue weighted by Gasteiger charge is -2.36. The maximum absolute atomic E-state index is 13.6. The van der Waals surface area contributed by atoms with E-state index in [1.165, 1.54) is 7.11 Å². The molecule has 1 aromatic carbocycles. The number of rotatable bonds is 7. The van der Waals surface area contributed by atoms with Gasteiger partial charge >= 0.3 is 0 Å². The number of hydrogen-bond donors (Lipinski definition) is 2. The Bertz CT molecular complexity index is 1550. The summed E-state index contributed by atoms with van der Waals surface area (Å²) in [6.07, 6.45) is 5.23. The van der Waals surface area contributed by atoms with Crippen LogP contribution in [0.5, 0.6) is 5.75 Å². The number of ether oxygens (including phenoxy) is 1. The van der Waals surface area contributed by atoms with E-state index in [4.69, 9.17) is 16.3 Å². The maximum atomic E-state index is 13.6. The molecule has 0 radical (unpaired) electrons. The summed E-state index contributed by atoms with van der Waals surface area (Å²) in [7, 11) is 1.52. The standard InChI is InChI=1S/C29H33ClN6O3/c1-17-13-25(39-4)23(27(37)34-17)16-31-28(38)26-19(3)36(24-8-6-5-7-22(24)26)18(2)20-9-11-35(12-10-20)29-32-14-21(30)15-33-29/h5-8,13-15,18,20H,9-12,16H2,1-4H3,(H,31,38)(H,34,37)/t18-/m1/s1. The highest BCUT2D eigenvalue weighted by Crippen LogP contribution is 2.36. The normalized spacial score (nSPS) is 14.9. The molecule has 0 unspecified atom stereocenters. The van der Waals surface area contributed by atoms with Crippen molar-refractivity contribution in [3.63, 3.8) is 0 Å². The molecule has 0 saturated carbocycles. The maximum Gasteiger partial charge on any atom is 0.256 e. The first-order valence-electron chi connectivity index (χ1n) is 13.2. The first-order chi connectivity index (χ1) is 18.8. The molecule has 204 valence electrons. The first-order valence-corrected chi connectivity index (χ1v) is 13.5. The van der Waals surface area contributed by atoms with Gasteiger partial charge in [-0.15, -0.1) is 0 Å². The van der Waals surface area contributed by atoms with E-state index in [-0.39, 0.29) is 24.1 Å². The van der Waals surface area contributed by atoms with Crippen molar-refractivity contribution in [1.82, 2.24) is 24.8 Å². The molecule has 1 atom stereocenters. The van der Waals surface area contributed by atoms with Crippen LogP contribution in [0, 0.1) is 19.8 Å². The predicted molar refractivity (Wildman–Crippen MR) is 153 cm³/mol. The van der Waals surface area contributed by atoms with Crippen LogP contribution in [0.25, 0.3) is 10.9 Å². The molecule has 1 aliphatic rings. The number of piperidine rings is 1. The van der Waals surface area contributed by atoms with Crippen LogP contribution in [-0.4, -0.2) is 45.6 Å². The molecule has 1 aliphatic heterocycles. The number of methoxy groups -OCH3 is 1. The number of aryl methyl sites for hydroxylation is 1. The van der Waals surface area contributed by atoms with Gasteiger partial charge in [0, 0.05) is 41.4 Å². The average molecular weight is 549 g/mol. The molecule has 3 aromatic heterocycles. The Kier molecular flexibility index (Phi) is 7.61. The molecule has 4 aromatic rings. The molecule has 0 spiro atoms. The van der Waals surface area contributed by atoms with Crippen LogP contribution in [-0.2, 0) is 6.54 Å². The van der Waals surface area contributed by atoms with Gasteiger partial charge in [0.05, 0.1) is 42.2 Å². The Morgan fingerprint density at radius 1 is 1.21 bits per heavy atom. The highest BCUT2D eigenvalue weighted by molar-refractivity contribution is 6.30. The van der Waals surface area contributed by atoms with Crippen LogP contribution < -0.4 is 20.5 Å². The van der Waals surface area contributed by atoms with Gasteiger partial charge in [0.15, 0.2) is 0 Å². The number of benzene rings is 1. The van der Waals surface area contributed by atoms with Gasteiger partial charge in [-0.2, -0.15) is 0 Å². The van der Waals surface area contributed by atoms with Crippen molar-refractivity contribution in [1.29, 1.82) is 0 Å². The topological polar surface area (TPSA) is 105 Å². The molecule has 10 heteroatoms. The largest absolute Gasteiger partial charge is 0.496 e. The zero-order chi connectivity index (χ0) is 27.7. The van der Waals surface area contributed by atoms with Gasteiger partial charge in [-0.3, -0.25) is 9.59 Å². The molecular formula is C29H33ClN6O3. The van der Waals surface area contributed by atoms with Crippen molar-refractivity contribution >= 4 is 34.4 Å². The highest BCUT2D eigenvalue weighted by Gasteiger charge is 2.30. The van der Waals surface area contributed by atoms with E-state index in [1.807, 2.05) is 25.1 Å². The smallest absolute Gasteiger partial charge is 0.256 e. The van der Waals surface area contributed by atoms with E-state index in [9.17, 15) is 9.59 Å². The number of carbonyl (C=O) groups is 1. The Labute approximate surface area is 232 Å². The van der Waals surface area contributed by atoms with Crippen LogP contribution in [0.3, 0.4) is 0 Å². The lowest BCUT2D eigenvalue weighted by atomic mass is 9.90. The third-order valence-corrected chi connectivity index (χ3v) is 7.97. The summed E-state index contributed by atoms with van der Waals surface area (Å²) in [6, 6.07) is 9.95. The SMILES string of the molecule is COc1cc(C)[nH]c(=O)c1CNC(=O)c1c(C)n([C@H](C)C2CCN(c3ncc(Cl)cn3)CC2)c2ccccc12. The average Bonchev–Trinajstić information content (AvgIpc) is 3.23. The number of fused-ring (bicyclic) bond motifs is 1. The molecule has 1 fully saturated rings. The van der Waals surface area contributed by atoms with E-state index < -0.39 is 0 Å². The monoisotopic (exact) mass is 548 g/mol. The molecule has 2 N–H and O–H groups in total. The van der Waals surface area contributed by atoms with Crippen molar-refractivity contribution in [3.05, 3.63) is 80.6 Å². The van der Waals surface area contributed by atoms with Gasteiger partial charge in [0.1, 0.15) is 5.75 Å². The Hall–Kier alpha value is -3.85. The fourth-order valence-corrected chi connectivity index (χ4v) is 5.85. The quantitative estimate of drug-likeness (QED) is 0.343. The molecule has 4 heterocycles. The Morgan fingerprint density at radius 2 is 1.90 bits per heavy atom. The Morgan fingerprint density at radius 3 is 2.59 bits per heavy atom. The third kappa shape index (κ3) is 5.23. The van der Waals surface area contributed by atoms with E-state index >= 15 is 0 Å². The number of nitrogens with one attached hydrogen (secondary N) is 2. The number of amides is 1. The molecular weight excluding hydrogens is 516 g/mol. The van der Waals surface area contributed by atoms with Gasteiger partial charge in [-0.25, -0.2) is 9.97 Å². The van der Waals surface area contributed by atoms with Gasteiger partial charge in [-0.1, -0.05) is 29.8 Å². The summed E-state index contributed by atoms with van der Waals surface area (Å²) in [6.45, 7) is 7.81. The molecule has 0 aliphatic carbocycles. The first kappa shape index (κ1) is 26.7. The molecule has 0 bridgehead atoms. The van der Waals surface area contributed by atoms with Gasteiger partial charge in [-0.05, 0) is 51.7 Å². The second-order valence-electron chi connectivity index (χ2n) is 10.1. The zero-order valence-corrected chi connectivity index (χ0v) is 23.4. The van der Waals surface area contributed by atoms with Crippen LogP contribution in [0.15, 0.2) is 47.5 Å². The van der Waals surface area contributed by atoms with Crippen molar-refractivity contribution in [2.45, 2.75) is 46.2 Å². The van der Waals surface area contributed by atoms with Gasteiger partial charge < -0.3 is 24.5 Å². The zero-order valence-electron chi connectivity index (χ0n) is 22.6. The number of pyridine rings is 1. The summed E-state index contributed by atoms with van der Waals surface area (Å²) >= 11 is 5.95. The third-order valence-electron chi connectivity index (χ3n) is 7.78. The number of aromatic nitrogens is 4. The van der Waals surface area contributed by atoms with Crippen molar-refractivity contribution in [3.8, 4) is 5.75 Å². The number of hydrogen-bond acceptors (Lipinski definition) is 6. The van der Waals surface area contributed by atoms with Crippen molar-refractivity contribution in [2.24, 2.45) is 5.92 Å². The highest BCUT2D eigenvalue weighted by atomic mass is 35.5. The van der Waals surface area contributed by atoms with E-state index in [0.29, 0.717) is 39.5 Å². The van der Waals surface area contributed by atoms with E-state index in [0.717, 1.165) is 42.5 Å². The summed E-state index contributed by atoms with van der Waals surface area (Å²) in [5, 5.41) is 4.39. The fraction of sp³-hybridized carbons (Fsp3) is 0.379. The summed E-state index contributed by atoms with van der Waals surface area (Å²) < 4.78 is 7.68. The van der Waals surface area contributed by atoms with Crippen LogP contribution in [0.1, 0.15) is 53.1 Å². The Balaban J connectivity index is 1.37. The van der Waals surface area contributed by atoms with Crippen molar-refractivity contribution in [2.75, 3.05) is 25.1 Å². The molecule has 1 saturated heterocycles. The summed E-state index contributed by atoms with van der Waals surface area (Å²) in [5.74, 6) is 1.37. The second kappa shape index (κ2) is 11.1. The van der Waals surface area contributed by atoms with Crippen LogP contribution >= 0.6 is 11.6 Å². The van der Waals surface area contributed by atoms with E-state index in [1.54, 1.807) is 25.4 Å². The summed E-state index contributed by atoms with van der Waals surface area (Å²) in [4.78, 5) is 39.8. The molecule has 39 heavy (non-hydrogen) atoms. The molecule has 9 nitrogen and oxygen atoms in total.